The molecule has 0 spiro atoms. The van der Waals surface area contributed by atoms with Gasteiger partial charge in [-0.15, -0.1) is 0 Å². The minimum atomic E-state index is -0.710. The Bertz CT molecular complexity index is 641. The van der Waals surface area contributed by atoms with E-state index in [1.807, 2.05) is 0 Å². The van der Waals surface area contributed by atoms with E-state index in [1.165, 1.54) is 6.07 Å². The van der Waals surface area contributed by atoms with E-state index in [9.17, 15) is 8.78 Å². The number of rotatable bonds is 4. The minimum absolute atomic E-state index is 0.0555. The molecule has 0 bridgehead atoms. The molecule has 3 N–H and O–H groups in total. The highest BCUT2D eigenvalue weighted by molar-refractivity contribution is 6.31. The van der Waals surface area contributed by atoms with E-state index in [1.54, 1.807) is 12.1 Å². The highest BCUT2D eigenvalue weighted by Gasteiger charge is 2.06. The second-order valence-corrected chi connectivity index (χ2v) is 4.52. The lowest BCUT2D eigenvalue weighted by Gasteiger charge is -2.09. The summed E-state index contributed by atoms with van der Waals surface area (Å²) in [5.41, 5.74) is 6.46. The van der Waals surface area contributed by atoms with Crippen molar-refractivity contribution < 1.29 is 13.5 Å². The summed E-state index contributed by atoms with van der Waals surface area (Å²) < 4.78 is 31.3. The quantitative estimate of drug-likeness (QED) is 0.670. The van der Waals surface area contributed by atoms with Crippen LogP contribution in [0.3, 0.4) is 0 Å². The molecule has 0 unspecified atom stereocenters. The van der Waals surface area contributed by atoms with Crippen molar-refractivity contribution in [2.75, 3.05) is 0 Å². The number of amidine groups is 1. The van der Waals surface area contributed by atoms with Crippen molar-refractivity contribution in [1.29, 1.82) is 5.41 Å². The van der Waals surface area contributed by atoms with E-state index in [4.69, 9.17) is 27.5 Å². The summed E-state index contributed by atoms with van der Waals surface area (Å²) in [6, 6.07) is 7.74. The average Bonchev–Trinajstić information content (AvgIpc) is 2.36. The zero-order valence-corrected chi connectivity index (χ0v) is 11.0. The number of nitrogen functional groups attached to an aromatic ring is 1. The molecule has 3 nitrogen and oxygen atoms in total. The Kier molecular flexibility index (Phi) is 4.20. The second-order valence-electron chi connectivity index (χ2n) is 4.11. The molecule has 0 aliphatic heterocycles. The summed E-state index contributed by atoms with van der Waals surface area (Å²) in [7, 11) is 0. The lowest BCUT2D eigenvalue weighted by atomic mass is 10.1. The maximum Gasteiger partial charge on any atom is 0.129 e. The van der Waals surface area contributed by atoms with Crippen molar-refractivity contribution in [3.63, 3.8) is 0 Å². The molecule has 0 atom stereocenters. The molecule has 104 valence electrons. The number of ether oxygens (including phenoxy) is 1. The maximum atomic E-state index is 13.0. The summed E-state index contributed by atoms with van der Waals surface area (Å²) in [5, 5.41) is 7.66. The van der Waals surface area contributed by atoms with Crippen LogP contribution in [0.25, 0.3) is 0 Å². The number of hydrogen-bond donors (Lipinski definition) is 2. The molecule has 2 rings (SSSR count). The fourth-order valence-electron chi connectivity index (χ4n) is 1.60. The number of benzene rings is 2. The van der Waals surface area contributed by atoms with Crippen molar-refractivity contribution in [2.45, 2.75) is 6.61 Å². The predicted octanol–water partition coefficient (Wildman–Crippen LogP) is 3.48. The SMILES string of the molecule is N=C(N)c1ccc(COc2cc(F)cc(F)c2)c(Cl)c1. The van der Waals surface area contributed by atoms with Crippen molar-refractivity contribution in [1.82, 2.24) is 0 Å². The van der Waals surface area contributed by atoms with Crippen LogP contribution >= 0.6 is 11.6 Å². The van der Waals surface area contributed by atoms with Gasteiger partial charge in [0.15, 0.2) is 0 Å². The average molecular weight is 297 g/mol. The first-order valence-corrected chi connectivity index (χ1v) is 6.05. The Morgan fingerprint density at radius 1 is 1.15 bits per heavy atom. The van der Waals surface area contributed by atoms with Crippen LogP contribution < -0.4 is 10.5 Å². The summed E-state index contributed by atoms with van der Waals surface area (Å²) in [6.45, 7) is 0.0555. The predicted molar refractivity (Wildman–Crippen MR) is 73.2 cm³/mol. The van der Waals surface area contributed by atoms with E-state index in [0.717, 1.165) is 18.2 Å². The summed E-state index contributed by atoms with van der Waals surface area (Å²) >= 11 is 6.02. The third-order valence-electron chi connectivity index (χ3n) is 2.59. The van der Waals surface area contributed by atoms with Gasteiger partial charge >= 0.3 is 0 Å². The zero-order chi connectivity index (χ0) is 14.7. The molecular weight excluding hydrogens is 286 g/mol. The lowest BCUT2D eigenvalue weighted by Crippen LogP contribution is -2.11. The molecular formula is C14H11ClF2N2O. The molecule has 20 heavy (non-hydrogen) atoms. The molecule has 6 heteroatoms. The largest absolute Gasteiger partial charge is 0.489 e. The first-order valence-electron chi connectivity index (χ1n) is 5.67. The summed E-state index contributed by atoms with van der Waals surface area (Å²) in [6.07, 6.45) is 0. The van der Waals surface area contributed by atoms with Gasteiger partial charge in [-0.05, 0) is 6.07 Å². The zero-order valence-electron chi connectivity index (χ0n) is 10.3. The fourth-order valence-corrected chi connectivity index (χ4v) is 1.84. The van der Waals surface area contributed by atoms with Gasteiger partial charge in [-0.3, -0.25) is 5.41 Å². The second kappa shape index (κ2) is 5.88. The van der Waals surface area contributed by atoms with Crippen LogP contribution in [0.5, 0.6) is 5.75 Å². The molecule has 0 heterocycles. The molecule has 0 saturated carbocycles. The third kappa shape index (κ3) is 3.45. The molecule has 0 aliphatic carbocycles. The van der Waals surface area contributed by atoms with Gasteiger partial charge in [0.05, 0.1) is 0 Å². The molecule has 2 aromatic carbocycles. The van der Waals surface area contributed by atoms with Gasteiger partial charge in [0.25, 0.3) is 0 Å². The molecule has 0 amide bonds. The highest BCUT2D eigenvalue weighted by atomic mass is 35.5. The summed E-state index contributed by atoms with van der Waals surface area (Å²) in [4.78, 5) is 0. The monoisotopic (exact) mass is 296 g/mol. The number of halogens is 3. The van der Waals surface area contributed by atoms with Crippen LogP contribution in [0, 0.1) is 17.0 Å². The van der Waals surface area contributed by atoms with Crippen LogP contribution in [0.1, 0.15) is 11.1 Å². The molecule has 2 aromatic rings. The third-order valence-corrected chi connectivity index (χ3v) is 2.95. The van der Waals surface area contributed by atoms with Gasteiger partial charge < -0.3 is 10.5 Å². The Hall–Kier alpha value is -2.14. The molecule has 0 saturated heterocycles. The Labute approximate surface area is 119 Å². The number of hydrogen-bond acceptors (Lipinski definition) is 2. The Morgan fingerprint density at radius 3 is 2.35 bits per heavy atom. The number of nitrogens with one attached hydrogen (secondary N) is 1. The molecule has 0 aliphatic rings. The molecule has 0 fully saturated rings. The van der Waals surface area contributed by atoms with Gasteiger partial charge in [-0.25, -0.2) is 8.78 Å². The van der Waals surface area contributed by atoms with Crippen molar-refractivity contribution in [3.05, 3.63) is 64.2 Å². The topological polar surface area (TPSA) is 59.1 Å². The first-order chi connectivity index (χ1) is 9.45. The van der Waals surface area contributed by atoms with Crippen LogP contribution in [0.4, 0.5) is 8.78 Å². The molecule has 0 radical (unpaired) electrons. The van der Waals surface area contributed by atoms with Crippen molar-refractivity contribution in [2.24, 2.45) is 5.73 Å². The van der Waals surface area contributed by atoms with Crippen LogP contribution in [0.2, 0.25) is 5.02 Å². The van der Waals surface area contributed by atoms with E-state index in [0.29, 0.717) is 16.1 Å². The lowest BCUT2D eigenvalue weighted by molar-refractivity contribution is 0.303. The summed E-state index contributed by atoms with van der Waals surface area (Å²) in [5.74, 6) is -1.43. The highest BCUT2D eigenvalue weighted by Crippen LogP contribution is 2.21. The van der Waals surface area contributed by atoms with Crippen molar-refractivity contribution >= 4 is 17.4 Å². The van der Waals surface area contributed by atoms with Crippen molar-refractivity contribution in [3.8, 4) is 5.75 Å². The van der Waals surface area contributed by atoms with Gasteiger partial charge in [-0.1, -0.05) is 23.7 Å². The van der Waals surface area contributed by atoms with E-state index >= 15 is 0 Å². The Balaban J connectivity index is 2.12. The van der Waals surface area contributed by atoms with Gasteiger partial charge in [0.2, 0.25) is 0 Å². The van der Waals surface area contributed by atoms with Gasteiger partial charge in [0.1, 0.15) is 29.8 Å². The van der Waals surface area contributed by atoms with E-state index < -0.39 is 11.6 Å². The van der Waals surface area contributed by atoms with Gasteiger partial charge in [-0.2, -0.15) is 0 Å². The first kappa shape index (κ1) is 14.3. The molecule has 0 aromatic heterocycles. The smallest absolute Gasteiger partial charge is 0.129 e. The van der Waals surface area contributed by atoms with Crippen LogP contribution in [-0.4, -0.2) is 5.84 Å². The Morgan fingerprint density at radius 2 is 1.80 bits per heavy atom. The fraction of sp³-hybridized carbons (Fsp3) is 0.0714. The van der Waals surface area contributed by atoms with Crippen LogP contribution in [0.15, 0.2) is 36.4 Å². The van der Waals surface area contributed by atoms with Gasteiger partial charge in [0, 0.05) is 34.3 Å². The standard InChI is InChI=1S/C14H11ClF2N2O/c15-13-3-8(14(18)19)1-2-9(13)7-20-12-5-10(16)4-11(17)6-12/h1-6H,7H2,(H3,18,19). The van der Waals surface area contributed by atoms with E-state index in [-0.39, 0.29) is 18.2 Å². The number of nitrogens with two attached hydrogens (primary N) is 1. The minimum Gasteiger partial charge on any atom is -0.489 e. The van der Waals surface area contributed by atoms with Crippen LogP contribution in [-0.2, 0) is 6.61 Å². The van der Waals surface area contributed by atoms with E-state index in [2.05, 4.69) is 0 Å². The normalized spacial score (nSPS) is 10.3. The maximum absolute atomic E-state index is 13.0.